The van der Waals surface area contributed by atoms with Gasteiger partial charge in [0, 0.05) is 42.1 Å². The van der Waals surface area contributed by atoms with Crippen LogP contribution in [0.3, 0.4) is 0 Å². The van der Waals surface area contributed by atoms with Gasteiger partial charge in [-0.15, -0.1) is 0 Å². The third-order valence-corrected chi connectivity index (χ3v) is 8.28. The summed E-state index contributed by atoms with van der Waals surface area (Å²) in [6.45, 7) is 2.73. The van der Waals surface area contributed by atoms with E-state index in [2.05, 4.69) is 10.3 Å². The van der Waals surface area contributed by atoms with Crippen molar-refractivity contribution >= 4 is 26.8 Å². The molecular formula is C25H30FN3O3S. The molecule has 8 heteroatoms. The van der Waals surface area contributed by atoms with Gasteiger partial charge < -0.3 is 10.3 Å². The number of sulfonamides is 1. The molecule has 1 fully saturated rings. The molecule has 176 valence electrons. The number of aromatic nitrogens is 1. The summed E-state index contributed by atoms with van der Waals surface area (Å²) in [5, 5.41) is 3.85. The third kappa shape index (κ3) is 5.45. The van der Waals surface area contributed by atoms with Gasteiger partial charge in [-0.3, -0.25) is 4.79 Å². The average molecular weight is 472 g/mol. The summed E-state index contributed by atoms with van der Waals surface area (Å²) in [7, 11) is -3.19. The highest BCUT2D eigenvalue weighted by Gasteiger charge is 2.28. The third-order valence-electron chi connectivity index (χ3n) is 6.21. The smallest absolute Gasteiger partial charge is 0.220 e. The fourth-order valence-electron chi connectivity index (χ4n) is 4.53. The van der Waals surface area contributed by atoms with Crippen molar-refractivity contribution in [1.82, 2.24) is 14.6 Å². The molecule has 0 radical (unpaired) electrons. The van der Waals surface area contributed by atoms with Gasteiger partial charge >= 0.3 is 0 Å². The molecule has 3 aromatic rings. The van der Waals surface area contributed by atoms with Crippen molar-refractivity contribution in [1.29, 1.82) is 0 Å². The number of carbonyl (C=O) groups is 1. The lowest BCUT2D eigenvalue weighted by atomic mass is 10.0. The summed E-state index contributed by atoms with van der Waals surface area (Å²) in [5.41, 5.74) is 3.65. The van der Waals surface area contributed by atoms with Crippen molar-refractivity contribution in [3.63, 3.8) is 0 Å². The maximum Gasteiger partial charge on any atom is 0.220 e. The predicted octanol–water partition coefficient (Wildman–Crippen LogP) is 4.23. The van der Waals surface area contributed by atoms with E-state index in [4.69, 9.17) is 0 Å². The monoisotopic (exact) mass is 471 g/mol. The van der Waals surface area contributed by atoms with Gasteiger partial charge in [0.25, 0.3) is 0 Å². The number of hydrogen-bond donors (Lipinski definition) is 2. The van der Waals surface area contributed by atoms with Crippen molar-refractivity contribution in [2.75, 3.05) is 18.8 Å². The first kappa shape index (κ1) is 23.4. The Balaban J connectivity index is 1.42. The number of nitrogens with one attached hydrogen (secondary N) is 2. The van der Waals surface area contributed by atoms with Gasteiger partial charge in [-0.2, -0.15) is 0 Å². The van der Waals surface area contributed by atoms with Crippen LogP contribution in [0.2, 0.25) is 0 Å². The second-order valence-corrected chi connectivity index (χ2v) is 10.7. The van der Waals surface area contributed by atoms with Crippen LogP contribution in [0, 0.1) is 5.82 Å². The number of H-pyrrole nitrogens is 1. The molecule has 1 saturated heterocycles. The molecule has 1 aromatic heterocycles. The van der Waals surface area contributed by atoms with E-state index < -0.39 is 10.0 Å². The van der Waals surface area contributed by atoms with Crippen LogP contribution < -0.4 is 5.32 Å². The van der Waals surface area contributed by atoms with Crippen molar-refractivity contribution in [3.8, 4) is 11.3 Å². The summed E-state index contributed by atoms with van der Waals surface area (Å²) in [4.78, 5) is 16.1. The van der Waals surface area contributed by atoms with Gasteiger partial charge in [-0.25, -0.2) is 17.1 Å². The van der Waals surface area contributed by atoms with Crippen molar-refractivity contribution in [3.05, 3.63) is 59.9 Å². The number of fused-ring (bicyclic) bond motifs is 1. The fraction of sp³-hybridized carbons (Fsp3) is 0.400. The summed E-state index contributed by atoms with van der Waals surface area (Å²) in [5.74, 6) is -0.217. The zero-order valence-electron chi connectivity index (χ0n) is 18.8. The number of nitrogens with zero attached hydrogens (tertiary/aromatic N) is 1. The fourth-order valence-corrected chi connectivity index (χ4v) is 6.08. The van der Waals surface area contributed by atoms with E-state index in [1.807, 2.05) is 37.3 Å². The quantitative estimate of drug-likeness (QED) is 0.516. The summed E-state index contributed by atoms with van der Waals surface area (Å²) < 4.78 is 40.0. The van der Waals surface area contributed by atoms with E-state index in [0.717, 1.165) is 27.7 Å². The highest BCUT2D eigenvalue weighted by molar-refractivity contribution is 7.89. The highest BCUT2D eigenvalue weighted by atomic mass is 32.2. The lowest BCUT2D eigenvalue weighted by Gasteiger charge is -2.31. The minimum atomic E-state index is -3.19. The molecule has 6 nitrogen and oxygen atoms in total. The molecule has 0 unspecified atom stereocenters. The number of aromatic amines is 1. The summed E-state index contributed by atoms with van der Waals surface area (Å²) >= 11 is 0. The van der Waals surface area contributed by atoms with Gasteiger partial charge in [0.05, 0.1) is 5.75 Å². The van der Waals surface area contributed by atoms with E-state index in [-0.39, 0.29) is 29.9 Å². The normalized spacial score (nSPS) is 15.7. The first-order valence-corrected chi connectivity index (χ1v) is 13.1. The second kappa shape index (κ2) is 10.1. The van der Waals surface area contributed by atoms with Crippen molar-refractivity contribution in [2.24, 2.45) is 0 Å². The number of benzene rings is 2. The number of amides is 1. The first-order chi connectivity index (χ1) is 15.9. The van der Waals surface area contributed by atoms with E-state index in [9.17, 15) is 17.6 Å². The van der Waals surface area contributed by atoms with Gasteiger partial charge in [-0.05, 0) is 55.0 Å². The largest absolute Gasteiger partial charge is 0.354 e. The first-order valence-electron chi connectivity index (χ1n) is 11.5. The van der Waals surface area contributed by atoms with Crippen LogP contribution in [-0.4, -0.2) is 48.5 Å². The van der Waals surface area contributed by atoms with Crippen molar-refractivity contribution < 1.29 is 17.6 Å². The maximum atomic E-state index is 14.0. The van der Waals surface area contributed by atoms with E-state index in [1.54, 1.807) is 6.07 Å². The molecule has 1 amide bonds. The van der Waals surface area contributed by atoms with Crippen LogP contribution in [0.15, 0.2) is 48.5 Å². The maximum absolute atomic E-state index is 14.0. The molecule has 4 rings (SSSR count). The second-order valence-electron chi connectivity index (χ2n) is 8.59. The molecule has 0 bridgehead atoms. The molecule has 2 N–H and O–H groups in total. The molecule has 2 heterocycles. The predicted molar refractivity (Wildman–Crippen MR) is 129 cm³/mol. The zero-order valence-corrected chi connectivity index (χ0v) is 19.6. The van der Waals surface area contributed by atoms with Gasteiger partial charge in [0.1, 0.15) is 5.82 Å². The SMILES string of the molecule is CCCS(=O)(=O)N1CCC(NC(=O)CCc2c(-c3ccccc3)[nH]c3ccc(F)cc23)CC1. The summed E-state index contributed by atoms with van der Waals surface area (Å²) in [6, 6.07) is 14.5. The Labute approximate surface area is 194 Å². The number of rotatable bonds is 8. The lowest BCUT2D eigenvalue weighted by Crippen LogP contribution is -2.47. The van der Waals surface area contributed by atoms with Gasteiger partial charge in [-0.1, -0.05) is 37.3 Å². The van der Waals surface area contributed by atoms with Crippen LogP contribution in [-0.2, 0) is 21.2 Å². The zero-order chi connectivity index (χ0) is 23.4. The number of hydrogen-bond acceptors (Lipinski definition) is 3. The topological polar surface area (TPSA) is 82.3 Å². The summed E-state index contributed by atoms with van der Waals surface area (Å²) in [6.07, 6.45) is 2.58. The Morgan fingerprint density at radius 1 is 1.15 bits per heavy atom. The van der Waals surface area contributed by atoms with Gasteiger partial charge in [0.2, 0.25) is 15.9 Å². The van der Waals surface area contributed by atoms with Crippen molar-refractivity contribution in [2.45, 2.75) is 45.1 Å². The van der Waals surface area contributed by atoms with Crippen LogP contribution in [0.25, 0.3) is 22.2 Å². The Hall–Kier alpha value is -2.71. The van der Waals surface area contributed by atoms with E-state index >= 15 is 0 Å². The molecule has 33 heavy (non-hydrogen) atoms. The lowest BCUT2D eigenvalue weighted by molar-refractivity contribution is -0.122. The van der Waals surface area contributed by atoms with Crippen LogP contribution in [0.1, 0.15) is 38.2 Å². The molecule has 0 aliphatic carbocycles. The van der Waals surface area contributed by atoms with Crippen LogP contribution in [0.4, 0.5) is 4.39 Å². The molecule has 1 aliphatic rings. The highest BCUT2D eigenvalue weighted by Crippen LogP contribution is 2.32. The minimum absolute atomic E-state index is 0.0282. The van der Waals surface area contributed by atoms with Gasteiger partial charge in [0.15, 0.2) is 0 Å². The molecule has 0 saturated carbocycles. The van der Waals surface area contributed by atoms with Crippen LogP contribution >= 0.6 is 0 Å². The number of piperidine rings is 1. The van der Waals surface area contributed by atoms with Crippen LogP contribution in [0.5, 0.6) is 0 Å². The Morgan fingerprint density at radius 3 is 2.58 bits per heavy atom. The molecular weight excluding hydrogens is 441 g/mol. The number of aryl methyl sites for hydroxylation is 1. The number of carbonyl (C=O) groups excluding carboxylic acids is 1. The minimum Gasteiger partial charge on any atom is -0.354 e. The Morgan fingerprint density at radius 2 is 1.88 bits per heavy atom. The van der Waals surface area contributed by atoms with E-state index in [0.29, 0.717) is 38.8 Å². The molecule has 1 aliphatic heterocycles. The Bertz CT molecular complexity index is 1220. The standard InChI is InChI=1S/C25H30FN3O3S/c1-2-16-33(31,32)29-14-12-20(13-15-29)27-24(30)11-9-21-22-17-19(26)8-10-23(22)28-25(21)18-6-4-3-5-7-18/h3-8,10,17,20,28H,2,9,11-16H2,1H3,(H,27,30). The Kier molecular flexibility index (Phi) is 7.14. The van der Waals surface area contributed by atoms with E-state index in [1.165, 1.54) is 16.4 Å². The molecule has 0 atom stereocenters. The average Bonchev–Trinajstić information content (AvgIpc) is 3.16. The number of halogens is 1. The molecule has 2 aromatic carbocycles. The molecule has 0 spiro atoms.